The van der Waals surface area contributed by atoms with Gasteiger partial charge >= 0.3 is 0 Å². The minimum Gasteiger partial charge on any atom is -0.467 e. The van der Waals surface area contributed by atoms with Crippen LogP contribution in [0, 0.1) is 5.82 Å². The molecule has 1 aromatic carbocycles. The molecule has 0 atom stereocenters. The first-order valence-corrected chi connectivity index (χ1v) is 6.88. The van der Waals surface area contributed by atoms with Gasteiger partial charge in [-0.3, -0.25) is 0 Å². The number of furan rings is 1. The van der Waals surface area contributed by atoms with Gasteiger partial charge in [-0.1, -0.05) is 18.2 Å². The molecular weight excluding hydrogens is 283 g/mol. The van der Waals surface area contributed by atoms with Gasteiger partial charge in [0.25, 0.3) is 0 Å². The Morgan fingerprint density at radius 2 is 1.91 bits per heavy atom. The normalized spacial score (nSPS) is 10.4. The molecule has 0 unspecified atom stereocenters. The first-order valence-electron chi connectivity index (χ1n) is 6.88. The lowest BCUT2D eigenvalue weighted by molar-refractivity contribution is 0.518. The molecule has 0 aliphatic heterocycles. The quantitative estimate of drug-likeness (QED) is 0.730. The number of halogens is 1. The number of nitrogens with one attached hydrogen (secondary N) is 2. The maximum atomic E-state index is 13.5. The number of anilines is 2. The third-order valence-corrected chi connectivity index (χ3v) is 3.07. The number of benzene rings is 1. The highest BCUT2D eigenvalue weighted by Crippen LogP contribution is 2.11. The van der Waals surface area contributed by atoms with Crippen LogP contribution in [0.4, 0.5) is 16.2 Å². The van der Waals surface area contributed by atoms with Crippen LogP contribution in [0.3, 0.4) is 0 Å². The van der Waals surface area contributed by atoms with Gasteiger partial charge < -0.3 is 15.1 Å². The maximum absolute atomic E-state index is 13.5. The van der Waals surface area contributed by atoms with Crippen LogP contribution >= 0.6 is 0 Å². The van der Waals surface area contributed by atoms with Gasteiger partial charge in [0, 0.05) is 18.3 Å². The summed E-state index contributed by atoms with van der Waals surface area (Å²) in [6, 6.07) is 12.1. The van der Waals surface area contributed by atoms with E-state index in [0.29, 0.717) is 30.4 Å². The van der Waals surface area contributed by atoms with E-state index in [-0.39, 0.29) is 5.82 Å². The maximum Gasteiger partial charge on any atom is 0.224 e. The van der Waals surface area contributed by atoms with Crippen LogP contribution in [0.15, 0.2) is 59.3 Å². The van der Waals surface area contributed by atoms with Gasteiger partial charge in [-0.15, -0.1) is 0 Å². The Hall–Kier alpha value is -2.89. The summed E-state index contributed by atoms with van der Waals surface area (Å²) in [5.41, 5.74) is 0.569. The van der Waals surface area contributed by atoms with Gasteiger partial charge in [-0.05, 0) is 24.3 Å². The molecule has 0 radical (unpaired) electrons. The van der Waals surface area contributed by atoms with Crippen LogP contribution in [-0.4, -0.2) is 9.97 Å². The molecule has 2 N–H and O–H groups in total. The molecule has 3 rings (SSSR count). The molecule has 0 aliphatic rings. The molecule has 22 heavy (non-hydrogen) atoms. The molecule has 0 bridgehead atoms. The van der Waals surface area contributed by atoms with Crippen molar-refractivity contribution in [1.29, 1.82) is 0 Å². The summed E-state index contributed by atoms with van der Waals surface area (Å²) in [5, 5.41) is 6.15. The fourth-order valence-corrected chi connectivity index (χ4v) is 1.95. The third-order valence-electron chi connectivity index (χ3n) is 3.07. The van der Waals surface area contributed by atoms with Crippen molar-refractivity contribution in [3.8, 4) is 0 Å². The van der Waals surface area contributed by atoms with Crippen LogP contribution < -0.4 is 10.6 Å². The molecule has 5 nitrogen and oxygen atoms in total. The molecular formula is C16H15FN4O. The summed E-state index contributed by atoms with van der Waals surface area (Å²) in [4.78, 5) is 8.44. The van der Waals surface area contributed by atoms with Crippen molar-refractivity contribution in [2.45, 2.75) is 13.1 Å². The lowest BCUT2D eigenvalue weighted by Crippen LogP contribution is -2.07. The van der Waals surface area contributed by atoms with Crippen LogP contribution in [-0.2, 0) is 13.1 Å². The van der Waals surface area contributed by atoms with Crippen LogP contribution in [0.1, 0.15) is 11.3 Å². The van der Waals surface area contributed by atoms with Crippen LogP contribution in [0.2, 0.25) is 0 Å². The van der Waals surface area contributed by atoms with Crippen molar-refractivity contribution < 1.29 is 8.81 Å². The van der Waals surface area contributed by atoms with E-state index in [0.717, 1.165) is 5.76 Å². The number of hydrogen-bond acceptors (Lipinski definition) is 5. The highest BCUT2D eigenvalue weighted by Gasteiger charge is 2.03. The van der Waals surface area contributed by atoms with Gasteiger partial charge in [0.05, 0.1) is 12.8 Å². The van der Waals surface area contributed by atoms with Crippen molar-refractivity contribution in [1.82, 2.24) is 9.97 Å². The molecule has 3 aromatic rings. The van der Waals surface area contributed by atoms with Gasteiger partial charge in [-0.25, -0.2) is 9.37 Å². The summed E-state index contributed by atoms with van der Waals surface area (Å²) in [5.74, 6) is 1.68. The van der Waals surface area contributed by atoms with E-state index in [4.69, 9.17) is 4.42 Å². The predicted molar refractivity (Wildman–Crippen MR) is 81.8 cm³/mol. The van der Waals surface area contributed by atoms with Gasteiger partial charge in [-0.2, -0.15) is 4.98 Å². The van der Waals surface area contributed by atoms with E-state index in [1.165, 1.54) is 6.07 Å². The van der Waals surface area contributed by atoms with Crippen LogP contribution in [0.5, 0.6) is 0 Å². The topological polar surface area (TPSA) is 63.0 Å². The molecule has 6 heteroatoms. The lowest BCUT2D eigenvalue weighted by Gasteiger charge is -2.08. The first-order chi connectivity index (χ1) is 10.8. The minimum absolute atomic E-state index is 0.248. The fraction of sp³-hybridized carbons (Fsp3) is 0.125. The van der Waals surface area contributed by atoms with Crippen molar-refractivity contribution >= 4 is 11.8 Å². The molecule has 0 saturated heterocycles. The summed E-state index contributed by atoms with van der Waals surface area (Å²) < 4.78 is 18.8. The van der Waals surface area contributed by atoms with E-state index in [1.54, 1.807) is 36.7 Å². The van der Waals surface area contributed by atoms with Crippen LogP contribution in [0.25, 0.3) is 0 Å². The highest BCUT2D eigenvalue weighted by molar-refractivity contribution is 5.40. The van der Waals surface area contributed by atoms with E-state index >= 15 is 0 Å². The summed E-state index contributed by atoms with van der Waals surface area (Å²) in [7, 11) is 0. The number of hydrogen-bond donors (Lipinski definition) is 2. The second kappa shape index (κ2) is 6.71. The smallest absolute Gasteiger partial charge is 0.224 e. The molecule has 2 aromatic heterocycles. The number of aromatic nitrogens is 2. The Morgan fingerprint density at radius 1 is 1.00 bits per heavy atom. The first kappa shape index (κ1) is 14.1. The average molecular weight is 298 g/mol. The molecule has 0 aliphatic carbocycles. The molecule has 0 fully saturated rings. The second-order valence-corrected chi connectivity index (χ2v) is 4.64. The Balaban J connectivity index is 1.60. The van der Waals surface area contributed by atoms with Crippen molar-refractivity contribution in [3.05, 3.63) is 72.1 Å². The molecule has 0 amide bonds. The standard InChI is InChI=1S/C16H15FN4O/c17-14-6-2-1-4-12(14)10-20-16-18-8-7-15(21-16)19-11-13-5-3-9-22-13/h1-9H,10-11H2,(H2,18,19,20,21). The minimum atomic E-state index is -0.248. The Labute approximate surface area is 127 Å². The fourth-order valence-electron chi connectivity index (χ4n) is 1.95. The summed E-state index contributed by atoms with van der Waals surface area (Å²) in [6.07, 6.45) is 3.26. The zero-order valence-corrected chi connectivity index (χ0v) is 11.8. The second-order valence-electron chi connectivity index (χ2n) is 4.64. The van der Waals surface area contributed by atoms with Crippen molar-refractivity contribution in [2.75, 3.05) is 10.6 Å². The third kappa shape index (κ3) is 3.60. The van der Waals surface area contributed by atoms with Gasteiger partial charge in [0.15, 0.2) is 0 Å². The SMILES string of the molecule is Fc1ccccc1CNc1nccc(NCc2ccco2)n1. The Morgan fingerprint density at radius 3 is 2.73 bits per heavy atom. The van der Waals surface area contributed by atoms with Crippen molar-refractivity contribution in [2.24, 2.45) is 0 Å². The van der Waals surface area contributed by atoms with E-state index in [2.05, 4.69) is 20.6 Å². The van der Waals surface area contributed by atoms with Gasteiger partial charge in [0.2, 0.25) is 5.95 Å². The van der Waals surface area contributed by atoms with Crippen molar-refractivity contribution in [3.63, 3.8) is 0 Å². The molecule has 0 saturated carbocycles. The molecule has 112 valence electrons. The number of nitrogens with zero attached hydrogens (tertiary/aromatic N) is 2. The Bertz CT molecular complexity index is 731. The molecule has 2 heterocycles. The predicted octanol–water partition coefficient (Wildman–Crippen LogP) is 3.43. The summed E-state index contributed by atoms with van der Waals surface area (Å²) in [6.45, 7) is 0.866. The largest absolute Gasteiger partial charge is 0.467 e. The average Bonchev–Trinajstić information content (AvgIpc) is 3.06. The Kier molecular flexibility index (Phi) is 4.29. The molecule has 0 spiro atoms. The lowest BCUT2D eigenvalue weighted by atomic mass is 10.2. The number of rotatable bonds is 6. The zero-order valence-electron chi connectivity index (χ0n) is 11.8. The monoisotopic (exact) mass is 298 g/mol. The van der Waals surface area contributed by atoms with E-state index in [1.807, 2.05) is 12.1 Å². The van der Waals surface area contributed by atoms with E-state index in [9.17, 15) is 4.39 Å². The van der Waals surface area contributed by atoms with E-state index < -0.39 is 0 Å². The highest BCUT2D eigenvalue weighted by atomic mass is 19.1. The van der Waals surface area contributed by atoms with Gasteiger partial charge in [0.1, 0.15) is 17.4 Å². The summed E-state index contributed by atoms with van der Waals surface area (Å²) >= 11 is 0. The zero-order chi connectivity index (χ0) is 15.2.